The van der Waals surface area contributed by atoms with Crippen molar-refractivity contribution in [3.63, 3.8) is 0 Å². The first kappa shape index (κ1) is 20.4. The van der Waals surface area contributed by atoms with Crippen molar-refractivity contribution < 1.29 is 24.2 Å². The van der Waals surface area contributed by atoms with Crippen molar-refractivity contribution in [1.29, 1.82) is 0 Å². The second-order valence-corrected chi connectivity index (χ2v) is 8.00. The fourth-order valence-corrected chi connectivity index (χ4v) is 4.39. The van der Waals surface area contributed by atoms with Gasteiger partial charge in [0.2, 0.25) is 0 Å². The highest BCUT2D eigenvalue weighted by Crippen LogP contribution is 2.44. The molecular formula is C23H26N2O5. The van der Waals surface area contributed by atoms with E-state index in [2.05, 4.69) is 34.9 Å². The first-order valence-corrected chi connectivity index (χ1v) is 10.2. The first-order valence-electron chi connectivity index (χ1n) is 10.2. The standard InChI is InChI=1S/C23H26N2O5/c1-23(12-21(26)27,20-13-24-10-11-29-20)25-22(28)30-14-19-17-8-4-2-6-15(17)16-7-3-5-9-18(16)19/h2-9,19-20,24H,10-14H2,1H3,(H,25,28)(H,26,27). The Morgan fingerprint density at radius 3 is 2.37 bits per heavy atom. The van der Waals surface area contributed by atoms with Crippen LogP contribution in [0.5, 0.6) is 0 Å². The summed E-state index contributed by atoms with van der Waals surface area (Å²) in [6, 6.07) is 16.2. The van der Waals surface area contributed by atoms with E-state index in [9.17, 15) is 14.7 Å². The van der Waals surface area contributed by atoms with Crippen molar-refractivity contribution in [3.8, 4) is 11.1 Å². The van der Waals surface area contributed by atoms with Crippen LogP contribution in [-0.4, -0.2) is 55.1 Å². The minimum Gasteiger partial charge on any atom is -0.481 e. The molecule has 0 spiro atoms. The largest absolute Gasteiger partial charge is 0.481 e. The zero-order valence-corrected chi connectivity index (χ0v) is 16.9. The number of morpholine rings is 1. The lowest BCUT2D eigenvalue weighted by Crippen LogP contribution is -2.61. The van der Waals surface area contributed by atoms with E-state index in [-0.39, 0.29) is 18.9 Å². The van der Waals surface area contributed by atoms with E-state index < -0.39 is 23.7 Å². The number of fused-ring (bicyclic) bond motifs is 3. The Kier molecular flexibility index (Phi) is 5.74. The minimum absolute atomic E-state index is 0.0542. The van der Waals surface area contributed by atoms with Crippen LogP contribution in [0.15, 0.2) is 48.5 Å². The van der Waals surface area contributed by atoms with Crippen LogP contribution in [0.4, 0.5) is 4.79 Å². The fourth-order valence-electron chi connectivity index (χ4n) is 4.39. The number of amides is 1. The smallest absolute Gasteiger partial charge is 0.407 e. The Bertz CT molecular complexity index is 895. The van der Waals surface area contributed by atoms with Gasteiger partial charge in [-0.05, 0) is 29.2 Å². The van der Waals surface area contributed by atoms with Gasteiger partial charge in [0.05, 0.1) is 24.7 Å². The molecular weight excluding hydrogens is 384 g/mol. The third-order valence-electron chi connectivity index (χ3n) is 5.89. The summed E-state index contributed by atoms with van der Waals surface area (Å²) in [6.45, 7) is 3.48. The average Bonchev–Trinajstić information content (AvgIpc) is 3.06. The summed E-state index contributed by atoms with van der Waals surface area (Å²) in [6.07, 6.45) is -1.36. The van der Waals surface area contributed by atoms with Gasteiger partial charge >= 0.3 is 12.1 Å². The van der Waals surface area contributed by atoms with Gasteiger partial charge in [-0.25, -0.2) is 4.79 Å². The van der Waals surface area contributed by atoms with Gasteiger partial charge in [0, 0.05) is 19.0 Å². The van der Waals surface area contributed by atoms with Crippen molar-refractivity contribution >= 4 is 12.1 Å². The van der Waals surface area contributed by atoms with Gasteiger partial charge in [-0.3, -0.25) is 4.79 Å². The highest BCUT2D eigenvalue weighted by atomic mass is 16.6. The van der Waals surface area contributed by atoms with E-state index in [4.69, 9.17) is 9.47 Å². The molecule has 0 aromatic heterocycles. The fraction of sp³-hybridized carbons (Fsp3) is 0.391. The highest BCUT2D eigenvalue weighted by Gasteiger charge is 2.40. The van der Waals surface area contributed by atoms with Gasteiger partial charge in [-0.15, -0.1) is 0 Å². The predicted molar refractivity (Wildman–Crippen MR) is 111 cm³/mol. The SMILES string of the molecule is CC(CC(=O)O)(NC(=O)OCC1c2ccccc2-c2ccccc21)C1CNCCO1. The summed E-state index contributed by atoms with van der Waals surface area (Å²) in [5, 5.41) is 15.3. The van der Waals surface area contributed by atoms with Gasteiger partial charge in [-0.2, -0.15) is 0 Å². The summed E-state index contributed by atoms with van der Waals surface area (Å²) in [5.74, 6) is -1.06. The maximum atomic E-state index is 12.7. The molecule has 1 aliphatic carbocycles. The van der Waals surface area contributed by atoms with Crippen LogP contribution < -0.4 is 10.6 Å². The number of carbonyl (C=O) groups excluding carboxylic acids is 1. The third kappa shape index (κ3) is 4.04. The maximum absolute atomic E-state index is 12.7. The van der Waals surface area contributed by atoms with Crippen LogP contribution in [0.3, 0.4) is 0 Å². The summed E-state index contributed by atoms with van der Waals surface area (Å²) >= 11 is 0. The number of carboxylic acids is 1. The summed E-state index contributed by atoms with van der Waals surface area (Å²) in [5.41, 5.74) is 3.47. The molecule has 0 saturated carbocycles. The Balaban J connectivity index is 1.47. The molecule has 4 rings (SSSR count). The quantitative estimate of drug-likeness (QED) is 0.678. The van der Waals surface area contributed by atoms with Gasteiger partial charge in [0.25, 0.3) is 0 Å². The molecule has 2 aromatic carbocycles. The number of aliphatic carboxylic acids is 1. The van der Waals surface area contributed by atoms with Crippen LogP contribution in [0.1, 0.15) is 30.4 Å². The van der Waals surface area contributed by atoms with Crippen molar-refractivity contribution in [3.05, 3.63) is 59.7 Å². The second kappa shape index (κ2) is 8.45. The summed E-state index contributed by atoms with van der Waals surface area (Å²) in [7, 11) is 0. The van der Waals surface area contributed by atoms with E-state index in [1.54, 1.807) is 6.92 Å². The number of hydrogen-bond donors (Lipinski definition) is 3. The lowest BCUT2D eigenvalue weighted by Gasteiger charge is -2.39. The Labute approximate surface area is 175 Å². The molecule has 7 heteroatoms. The molecule has 7 nitrogen and oxygen atoms in total. The van der Waals surface area contributed by atoms with E-state index >= 15 is 0 Å². The number of benzene rings is 2. The van der Waals surface area contributed by atoms with Crippen molar-refractivity contribution in [2.75, 3.05) is 26.3 Å². The van der Waals surface area contributed by atoms with Gasteiger partial charge in [0.1, 0.15) is 6.61 Å². The molecule has 2 unspecified atom stereocenters. The molecule has 158 valence electrons. The zero-order valence-electron chi connectivity index (χ0n) is 16.9. The van der Waals surface area contributed by atoms with Crippen LogP contribution in [0.25, 0.3) is 11.1 Å². The molecule has 30 heavy (non-hydrogen) atoms. The number of alkyl carbamates (subject to hydrolysis) is 1. The lowest BCUT2D eigenvalue weighted by molar-refractivity contribution is -0.140. The minimum atomic E-state index is -1.08. The number of carboxylic acid groups (broad SMARTS) is 1. The van der Waals surface area contributed by atoms with Gasteiger partial charge < -0.3 is 25.2 Å². The van der Waals surface area contributed by atoms with Crippen molar-refractivity contribution in [2.45, 2.75) is 30.9 Å². The van der Waals surface area contributed by atoms with Gasteiger partial charge in [0.15, 0.2) is 0 Å². The first-order chi connectivity index (χ1) is 14.5. The molecule has 1 amide bonds. The number of ether oxygens (including phenoxy) is 2. The van der Waals surface area contributed by atoms with Crippen molar-refractivity contribution in [1.82, 2.24) is 10.6 Å². The van der Waals surface area contributed by atoms with Crippen LogP contribution in [0.2, 0.25) is 0 Å². The molecule has 0 bridgehead atoms. The lowest BCUT2D eigenvalue weighted by atomic mass is 9.90. The van der Waals surface area contributed by atoms with Gasteiger partial charge in [-0.1, -0.05) is 48.5 Å². The molecule has 2 aromatic rings. The van der Waals surface area contributed by atoms with E-state index in [0.29, 0.717) is 19.7 Å². The van der Waals surface area contributed by atoms with Crippen LogP contribution in [-0.2, 0) is 14.3 Å². The van der Waals surface area contributed by atoms with E-state index in [1.165, 1.54) is 0 Å². The maximum Gasteiger partial charge on any atom is 0.407 e. The Hall–Kier alpha value is -2.90. The number of nitrogens with one attached hydrogen (secondary N) is 2. The molecule has 1 fully saturated rings. The molecule has 2 aliphatic rings. The highest BCUT2D eigenvalue weighted by molar-refractivity contribution is 5.79. The molecule has 1 aliphatic heterocycles. The van der Waals surface area contributed by atoms with E-state index in [1.807, 2.05) is 24.3 Å². The third-order valence-corrected chi connectivity index (χ3v) is 5.89. The number of rotatable bonds is 6. The van der Waals surface area contributed by atoms with Crippen molar-refractivity contribution in [2.24, 2.45) is 0 Å². The normalized spacial score (nSPS) is 20.0. The summed E-state index contributed by atoms with van der Waals surface area (Å²) in [4.78, 5) is 24.1. The molecule has 0 radical (unpaired) electrons. The van der Waals surface area contributed by atoms with E-state index in [0.717, 1.165) is 22.3 Å². The van der Waals surface area contributed by atoms with Crippen LogP contribution >= 0.6 is 0 Å². The molecule has 3 N–H and O–H groups in total. The monoisotopic (exact) mass is 410 g/mol. The summed E-state index contributed by atoms with van der Waals surface area (Å²) < 4.78 is 11.3. The molecule has 1 heterocycles. The average molecular weight is 410 g/mol. The zero-order chi connectivity index (χ0) is 21.1. The number of carbonyl (C=O) groups is 2. The topological polar surface area (TPSA) is 96.9 Å². The van der Waals surface area contributed by atoms with Crippen LogP contribution in [0, 0.1) is 0 Å². The molecule has 1 saturated heterocycles. The predicted octanol–water partition coefficient (Wildman–Crippen LogP) is 2.75. The Morgan fingerprint density at radius 2 is 1.80 bits per heavy atom. The Morgan fingerprint density at radius 1 is 1.17 bits per heavy atom. The molecule has 2 atom stereocenters. The number of hydrogen-bond acceptors (Lipinski definition) is 5. The second-order valence-electron chi connectivity index (χ2n) is 8.00.